The predicted octanol–water partition coefficient (Wildman–Crippen LogP) is 6.33. The molecule has 0 aliphatic carbocycles. The molecule has 0 aromatic heterocycles. The lowest BCUT2D eigenvalue weighted by Crippen LogP contribution is -2.14. The van der Waals surface area contributed by atoms with E-state index in [-0.39, 0.29) is 17.7 Å². The van der Waals surface area contributed by atoms with Gasteiger partial charge in [0, 0.05) is 0 Å². The van der Waals surface area contributed by atoms with E-state index in [9.17, 15) is 9.59 Å². The molecule has 0 unspecified atom stereocenters. The van der Waals surface area contributed by atoms with Crippen LogP contribution in [0.15, 0.2) is 24.3 Å². The van der Waals surface area contributed by atoms with Gasteiger partial charge in [0.25, 0.3) is 0 Å². The lowest BCUT2D eigenvalue weighted by Gasteiger charge is -2.09. The normalized spacial score (nSPS) is 10.6. The number of hydrogen-bond acceptors (Lipinski definition) is 4. The minimum Gasteiger partial charge on any atom is -0.462 e. The maximum absolute atomic E-state index is 12.2. The molecule has 0 saturated heterocycles. The molecular formula is C23H36O4. The Bertz CT molecular complexity index is 539. The van der Waals surface area contributed by atoms with Gasteiger partial charge in [-0.05, 0) is 25.5 Å². The molecule has 1 aromatic rings. The first-order valence-electron chi connectivity index (χ1n) is 10.6. The van der Waals surface area contributed by atoms with Crippen LogP contribution in [-0.2, 0) is 9.47 Å². The maximum atomic E-state index is 12.2. The van der Waals surface area contributed by atoms with Gasteiger partial charge in [0.1, 0.15) is 0 Å². The molecular weight excluding hydrogens is 340 g/mol. The first-order valence-corrected chi connectivity index (χ1v) is 10.6. The second kappa shape index (κ2) is 15.2. The van der Waals surface area contributed by atoms with Gasteiger partial charge in [-0.1, -0.05) is 83.3 Å². The van der Waals surface area contributed by atoms with Crippen LogP contribution in [0, 0.1) is 0 Å². The second-order valence-electron chi connectivity index (χ2n) is 6.94. The Hall–Kier alpha value is -1.84. The molecule has 0 aliphatic heterocycles. The SMILES string of the molecule is CCCCCCCCCCCCCOC(=O)c1ccccc1C(=O)OCC. The molecule has 0 saturated carbocycles. The van der Waals surface area contributed by atoms with Gasteiger partial charge in [0.05, 0.1) is 24.3 Å². The summed E-state index contributed by atoms with van der Waals surface area (Å²) in [5.74, 6) is -0.939. The number of rotatable bonds is 15. The lowest BCUT2D eigenvalue weighted by molar-refractivity contribution is 0.0462. The average Bonchev–Trinajstić information content (AvgIpc) is 2.69. The van der Waals surface area contributed by atoms with E-state index in [4.69, 9.17) is 9.47 Å². The van der Waals surface area contributed by atoms with Crippen molar-refractivity contribution in [1.82, 2.24) is 0 Å². The monoisotopic (exact) mass is 376 g/mol. The fourth-order valence-corrected chi connectivity index (χ4v) is 3.06. The van der Waals surface area contributed by atoms with E-state index in [2.05, 4.69) is 6.92 Å². The quantitative estimate of drug-likeness (QED) is 0.265. The molecule has 1 aromatic carbocycles. The fraction of sp³-hybridized carbons (Fsp3) is 0.652. The standard InChI is InChI=1S/C23H36O4/c1-3-5-6-7-8-9-10-11-12-13-16-19-27-23(25)21-18-15-14-17-20(21)22(24)26-4-2/h14-15,17-18H,3-13,16,19H2,1-2H3. The molecule has 0 heterocycles. The summed E-state index contributed by atoms with van der Waals surface area (Å²) in [4.78, 5) is 24.1. The van der Waals surface area contributed by atoms with Crippen molar-refractivity contribution < 1.29 is 19.1 Å². The van der Waals surface area contributed by atoms with Gasteiger partial charge in [-0.25, -0.2) is 9.59 Å². The zero-order chi connectivity index (χ0) is 19.7. The Labute approximate surface area is 164 Å². The summed E-state index contributed by atoms with van der Waals surface area (Å²) in [6, 6.07) is 6.64. The van der Waals surface area contributed by atoms with Crippen molar-refractivity contribution >= 4 is 11.9 Å². The Morgan fingerprint density at radius 2 is 1.11 bits per heavy atom. The first-order chi connectivity index (χ1) is 13.2. The van der Waals surface area contributed by atoms with E-state index in [1.54, 1.807) is 31.2 Å². The van der Waals surface area contributed by atoms with E-state index >= 15 is 0 Å². The summed E-state index contributed by atoms with van der Waals surface area (Å²) in [6.45, 7) is 4.66. The average molecular weight is 377 g/mol. The number of benzene rings is 1. The highest BCUT2D eigenvalue weighted by Gasteiger charge is 2.18. The van der Waals surface area contributed by atoms with Crippen molar-refractivity contribution in [3.05, 3.63) is 35.4 Å². The van der Waals surface area contributed by atoms with Crippen molar-refractivity contribution in [2.24, 2.45) is 0 Å². The van der Waals surface area contributed by atoms with Crippen LogP contribution < -0.4 is 0 Å². The predicted molar refractivity (Wildman–Crippen MR) is 109 cm³/mol. The molecule has 0 radical (unpaired) electrons. The summed E-state index contributed by atoms with van der Waals surface area (Å²) in [5.41, 5.74) is 0.544. The van der Waals surface area contributed by atoms with Crippen molar-refractivity contribution in [3.8, 4) is 0 Å². The van der Waals surface area contributed by atoms with E-state index in [0.717, 1.165) is 12.8 Å². The third-order valence-corrected chi connectivity index (χ3v) is 4.62. The third-order valence-electron chi connectivity index (χ3n) is 4.62. The molecule has 0 N–H and O–H groups in total. The van der Waals surface area contributed by atoms with Crippen LogP contribution in [0.3, 0.4) is 0 Å². The summed E-state index contributed by atoms with van der Waals surface area (Å²) in [6.07, 6.45) is 13.8. The lowest BCUT2D eigenvalue weighted by atomic mass is 10.1. The molecule has 0 bridgehead atoms. The van der Waals surface area contributed by atoms with Crippen molar-refractivity contribution in [2.45, 2.75) is 84.5 Å². The maximum Gasteiger partial charge on any atom is 0.339 e. The highest BCUT2D eigenvalue weighted by atomic mass is 16.5. The summed E-state index contributed by atoms with van der Waals surface area (Å²) >= 11 is 0. The van der Waals surface area contributed by atoms with E-state index < -0.39 is 11.9 Å². The second-order valence-corrected chi connectivity index (χ2v) is 6.94. The molecule has 4 nitrogen and oxygen atoms in total. The van der Waals surface area contributed by atoms with Gasteiger partial charge in [-0.3, -0.25) is 0 Å². The summed E-state index contributed by atoms with van der Waals surface area (Å²) in [7, 11) is 0. The van der Waals surface area contributed by atoms with Crippen LogP contribution in [0.25, 0.3) is 0 Å². The number of esters is 2. The van der Waals surface area contributed by atoms with Crippen LogP contribution in [0.4, 0.5) is 0 Å². The van der Waals surface area contributed by atoms with Crippen LogP contribution in [0.1, 0.15) is 105 Å². The number of unbranched alkanes of at least 4 members (excludes halogenated alkanes) is 10. The fourth-order valence-electron chi connectivity index (χ4n) is 3.06. The Balaban J connectivity index is 2.14. The van der Waals surface area contributed by atoms with Gasteiger partial charge in [-0.15, -0.1) is 0 Å². The van der Waals surface area contributed by atoms with Crippen molar-refractivity contribution in [3.63, 3.8) is 0 Å². The highest BCUT2D eigenvalue weighted by Crippen LogP contribution is 2.14. The molecule has 152 valence electrons. The number of carbonyl (C=O) groups is 2. The van der Waals surface area contributed by atoms with E-state index in [0.29, 0.717) is 6.61 Å². The van der Waals surface area contributed by atoms with Gasteiger partial charge in [0.15, 0.2) is 0 Å². The van der Waals surface area contributed by atoms with Crippen LogP contribution in [-0.4, -0.2) is 25.2 Å². The van der Waals surface area contributed by atoms with Crippen LogP contribution >= 0.6 is 0 Å². The largest absolute Gasteiger partial charge is 0.462 e. The topological polar surface area (TPSA) is 52.6 Å². The minimum atomic E-state index is -0.486. The van der Waals surface area contributed by atoms with Crippen LogP contribution in [0.2, 0.25) is 0 Å². The van der Waals surface area contributed by atoms with E-state index in [1.807, 2.05) is 0 Å². The van der Waals surface area contributed by atoms with Crippen molar-refractivity contribution in [1.29, 1.82) is 0 Å². The molecule has 0 amide bonds. The Morgan fingerprint density at radius 1 is 0.667 bits per heavy atom. The highest BCUT2D eigenvalue weighted by molar-refractivity contribution is 6.03. The Kier molecular flexibility index (Phi) is 13.1. The van der Waals surface area contributed by atoms with Gasteiger partial charge < -0.3 is 9.47 Å². The van der Waals surface area contributed by atoms with Gasteiger partial charge in [0.2, 0.25) is 0 Å². The zero-order valence-corrected chi connectivity index (χ0v) is 17.1. The first kappa shape index (κ1) is 23.2. The summed E-state index contributed by atoms with van der Waals surface area (Å²) in [5, 5.41) is 0. The van der Waals surface area contributed by atoms with Crippen LogP contribution in [0.5, 0.6) is 0 Å². The van der Waals surface area contributed by atoms with Gasteiger partial charge in [-0.2, -0.15) is 0 Å². The molecule has 1 rings (SSSR count). The third kappa shape index (κ3) is 10.2. The van der Waals surface area contributed by atoms with Gasteiger partial charge >= 0.3 is 11.9 Å². The number of carbonyl (C=O) groups excluding carboxylic acids is 2. The molecule has 0 fully saturated rings. The molecule has 0 atom stereocenters. The minimum absolute atomic E-state index is 0.267. The smallest absolute Gasteiger partial charge is 0.339 e. The number of hydrogen-bond donors (Lipinski definition) is 0. The molecule has 0 spiro atoms. The Morgan fingerprint density at radius 3 is 1.59 bits per heavy atom. The van der Waals surface area contributed by atoms with Crippen molar-refractivity contribution in [2.75, 3.05) is 13.2 Å². The molecule has 27 heavy (non-hydrogen) atoms. The zero-order valence-electron chi connectivity index (χ0n) is 17.1. The molecule has 0 aliphatic rings. The number of ether oxygens (including phenoxy) is 2. The molecule has 4 heteroatoms. The van der Waals surface area contributed by atoms with E-state index in [1.165, 1.54) is 57.8 Å². The summed E-state index contributed by atoms with van der Waals surface area (Å²) < 4.78 is 10.3.